The number of benzene rings is 1. The number of amides is 1. The number of nitrogens with zero attached hydrogens (tertiary/aromatic N) is 2. The van der Waals surface area contributed by atoms with E-state index >= 15 is 0 Å². The number of rotatable bonds is 7. The first-order valence-electron chi connectivity index (χ1n) is 8.38. The van der Waals surface area contributed by atoms with Gasteiger partial charge in [0.1, 0.15) is 16.1 Å². The SMILES string of the molecule is COc1ccc2nc(/C=C3/SC(=S)N([C@H](CCSC)C(=O)O)C3=O)ccc2c1. The maximum absolute atomic E-state index is 12.8. The zero-order valence-electron chi connectivity index (χ0n) is 15.2. The average molecular weight is 435 g/mol. The van der Waals surface area contributed by atoms with Gasteiger partial charge in [0.05, 0.1) is 23.2 Å². The van der Waals surface area contributed by atoms with Crippen molar-refractivity contribution in [2.75, 3.05) is 19.1 Å². The number of carboxylic acid groups (broad SMARTS) is 1. The lowest BCUT2D eigenvalue weighted by molar-refractivity contribution is -0.145. The van der Waals surface area contributed by atoms with Gasteiger partial charge in [-0.1, -0.05) is 30.0 Å². The van der Waals surface area contributed by atoms with Gasteiger partial charge in [-0.25, -0.2) is 9.78 Å². The molecule has 3 rings (SSSR count). The molecule has 1 fully saturated rings. The lowest BCUT2D eigenvalue weighted by atomic mass is 10.1. The second-order valence-corrected chi connectivity index (χ2v) is 8.64. The number of hydrogen-bond acceptors (Lipinski definition) is 7. The molecule has 0 unspecified atom stereocenters. The Morgan fingerprint density at radius 2 is 2.21 bits per heavy atom. The molecule has 9 heteroatoms. The summed E-state index contributed by atoms with van der Waals surface area (Å²) in [6.45, 7) is 0. The molecule has 0 saturated carbocycles. The smallest absolute Gasteiger partial charge is 0.326 e. The molecule has 2 aromatic rings. The summed E-state index contributed by atoms with van der Waals surface area (Å²) < 4.78 is 5.47. The maximum Gasteiger partial charge on any atom is 0.326 e. The number of carbonyl (C=O) groups is 2. The molecule has 0 aliphatic carbocycles. The van der Waals surface area contributed by atoms with Gasteiger partial charge < -0.3 is 9.84 Å². The average Bonchev–Trinajstić information content (AvgIpc) is 2.95. The van der Waals surface area contributed by atoms with Gasteiger partial charge in [0.15, 0.2) is 0 Å². The van der Waals surface area contributed by atoms with Crippen LogP contribution >= 0.6 is 35.7 Å². The molecule has 1 aliphatic rings. The quantitative estimate of drug-likeness (QED) is 0.523. The number of aliphatic carboxylic acids is 1. The van der Waals surface area contributed by atoms with Crippen LogP contribution in [0.15, 0.2) is 35.2 Å². The Labute approximate surface area is 176 Å². The van der Waals surface area contributed by atoms with Crippen LogP contribution in [0.4, 0.5) is 0 Å². The van der Waals surface area contributed by atoms with E-state index in [0.29, 0.717) is 22.8 Å². The first-order chi connectivity index (χ1) is 13.4. The highest BCUT2D eigenvalue weighted by molar-refractivity contribution is 8.26. The molecule has 1 aromatic carbocycles. The molecule has 1 amide bonds. The van der Waals surface area contributed by atoms with Crippen LogP contribution in [-0.4, -0.2) is 56.3 Å². The van der Waals surface area contributed by atoms with Crippen molar-refractivity contribution in [2.24, 2.45) is 0 Å². The molecule has 28 heavy (non-hydrogen) atoms. The Balaban J connectivity index is 1.88. The van der Waals surface area contributed by atoms with Crippen molar-refractivity contribution in [3.05, 3.63) is 40.9 Å². The van der Waals surface area contributed by atoms with E-state index in [-0.39, 0.29) is 10.2 Å². The number of aromatic nitrogens is 1. The van der Waals surface area contributed by atoms with Crippen LogP contribution in [0.3, 0.4) is 0 Å². The largest absolute Gasteiger partial charge is 0.497 e. The zero-order chi connectivity index (χ0) is 20.3. The molecule has 6 nitrogen and oxygen atoms in total. The van der Waals surface area contributed by atoms with Gasteiger partial charge in [-0.3, -0.25) is 9.69 Å². The van der Waals surface area contributed by atoms with Crippen molar-refractivity contribution in [1.29, 1.82) is 0 Å². The van der Waals surface area contributed by atoms with Gasteiger partial charge in [-0.2, -0.15) is 11.8 Å². The second-order valence-electron chi connectivity index (χ2n) is 5.98. The minimum atomic E-state index is -1.05. The number of thiocarbonyl (C=S) groups is 1. The van der Waals surface area contributed by atoms with Crippen LogP contribution in [0.1, 0.15) is 12.1 Å². The van der Waals surface area contributed by atoms with Crippen LogP contribution in [0.5, 0.6) is 5.75 Å². The zero-order valence-corrected chi connectivity index (χ0v) is 17.7. The lowest BCUT2D eigenvalue weighted by Crippen LogP contribution is -2.44. The number of carboxylic acids is 1. The van der Waals surface area contributed by atoms with Crippen LogP contribution in [-0.2, 0) is 9.59 Å². The third-order valence-corrected chi connectivity index (χ3v) is 6.19. The van der Waals surface area contributed by atoms with Crippen molar-refractivity contribution in [3.63, 3.8) is 0 Å². The first kappa shape index (κ1) is 20.6. The van der Waals surface area contributed by atoms with E-state index in [2.05, 4.69) is 4.98 Å². The van der Waals surface area contributed by atoms with E-state index in [1.54, 1.807) is 19.3 Å². The Hall–Kier alpha value is -2.10. The van der Waals surface area contributed by atoms with Crippen LogP contribution in [0.2, 0.25) is 0 Å². The van der Waals surface area contributed by atoms with E-state index in [4.69, 9.17) is 17.0 Å². The van der Waals surface area contributed by atoms with E-state index in [9.17, 15) is 14.7 Å². The highest BCUT2D eigenvalue weighted by atomic mass is 32.2. The Morgan fingerprint density at radius 1 is 1.43 bits per heavy atom. The predicted molar refractivity (Wildman–Crippen MR) is 118 cm³/mol. The lowest BCUT2D eigenvalue weighted by Gasteiger charge is -2.22. The third-order valence-electron chi connectivity index (χ3n) is 4.21. The molecular formula is C19H18N2O4S3. The van der Waals surface area contributed by atoms with Crippen molar-refractivity contribution in [1.82, 2.24) is 9.88 Å². The van der Waals surface area contributed by atoms with Gasteiger partial charge in [0.25, 0.3) is 5.91 Å². The summed E-state index contributed by atoms with van der Waals surface area (Å²) >= 11 is 7.92. The Bertz CT molecular complexity index is 977. The summed E-state index contributed by atoms with van der Waals surface area (Å²) in [5.74, 6) is -0.0691. The normalized spacial score (nSPS) is 16.8. The number of thioether (sulfide) groups is 2. The summed E-state index contributed by atoms with van der Waals surface area (Å²) in [5, 5.41) is 10.4. The minimum Gasteiger partial charge on any atom is -0.497 e. The standard InChI is InChI=1S/C19H18N2O4S3/c1-25-13-5-6-14-11(9-13)3-4-12(20-14)10-16-17(22)21(19(26)28-16)15(18(23)24)7-8-27-2/h3-6,9-10,15H,7-8H2,1-2H3,(H,23,24)/b16-10+/t15-/m1/s1. The Morgan fingerprint density at radius 3 is 2.89 bits per heavy atom. The molecule has 1 atom stereocenters. The van der Waals surface area contributed by atoms with Crippen molar-refractivity contribution < 1.29 is 19.4 Å². The highest BCUT2D eigenvalue weighted by Crippen LogP contribution is 2.35. The molecule has 1 aliphatic heterocycles. The third kappa shape index (κ3) is 4.31. The number of pyridine rings is 1. The van der Waals surface area contributed by atoms with Crippen LogP contribution in [0, 0.1) is 0 Å². The fourth-order valence-electron chi connectivity index (χ4n) is 2.80. The second kappa shape index (κ2) is 8.93. The van der Waals surface area contributed by atoms with Crippen LogP contribution in [0.25, 0.3) is 17.0 Å². The fourth-order valence-corrected chi connectivity index (χ4v) is 4.60. The van der Waals surface area contributed by atoms with Gasteiger partial charge in [0, 0.05) is 5.39 Å². The molecule has 0 bridgehead atoms. The van der Waals surface area contributed by atoms with Gasteiger partial charge >= 0.3 is 5.97 Å². The highest BCUT2D eigenvalue weighted by Gasteiger charge is 2.40. The van der Waals surface area contributed by atoms with Crippen molar-refractivity contribution in [3.8, 4) is 5.75 Å². The van der Waals surface area contributed by atoms with Crippen LogP contribution < -0.4 is 4.74 Å². The number of ether oxygens (including phenoxy) is 1. The number of hydrogen-bond donors (Lipinski definition) is 1. The summed E-state index contributed by atoms with van der Waals surface area (Å²) in [4.78, 5) is 30.6. The van der Waals surface area contributed by atoms with Gasteiger partial charge in [-0.15, -0.1) is 0 Å². The topological polar surface area (TPSA) is 79.7 Å². The molecule has 146 valence electrons. The van der Waals surface area contributed by atoms with E-state index in [0.717, 1.165) is 28.4 Å². The molecule has 1 saturated heterocycles. The van der Waals surface area contributed by atoms with Crippen molar-refractivity contribution in [2.45, 2.75) is 12.5 Å². The number of fused-ring (bicyclic) bond motifs is 1. The summed E-state index contributed by atoms with van der Waals surface area (Å²) in [5.41, 5.74) is 1.38. The summed E-state index contributed by atoms with van der Waals surface area (Å²) in [6.07, 6.45) is 3.88. The van der Waals surface area contributed by atoms with E-state index in [1.807, 2.05) is 30.5 Å². The first-order valence-corrected chi connectivity index (χ1v) is 11.0. The molecular weight excluding hydrogens is 416 g/mol. The number of carbonyl (C=O) groups excluding carboxylic acids is 1. The monoisotopic (exact) mass is 434 g/mol. The molecule has 1 aromatic heterocycles. The molecule has 0 spiro atoms. The summed E-state index contributed by atoms with van der Waals surface area (Å²) in [7, 11) is 1.61. The molecule has 1 N–H and O–H groups in total. The molecule has 2 heterocycles. The van der Waals surface area contributed by atoms with Gasteiger partial charge in [0.2, 0.25) is 0 Å². The molecule has 0 radical (unpaired) electrons. The Kier molecular flexibility index (Phi) is 6.58. The minimum absolute atomic E-state index is 0.260. The predicted octanol–water partition coefficient (Wildman–Crippen LogP) is 3.65. The number of methoxy groups -OCH3 is 1. The van der Waals surface area contributed by atoms with Gasteiger partial charge in [-0.05, 0) is 48.8 Å². The summed E-state index contributed by atoms with van der Waals surface area (Å²) in [6, 6.07) is 8.30. The van der Waals surface area contributed by atoms with E-state index < -0.39 is 12.0 Å². The fraction of sp³-hybridized carbons (Fsp3) is 0.263. The van der Waals surface area contributed by atoms with Crippen molar-refractivity contribution >= 4 is 68.9 Å². The maximum atomic E-state index is 12.8. The van der Waals surface area contributed by atoms with E-state index in [1.165, 1.54) is 16.7 Å².